The Balaban J connectivity index is 1.22. The number of methoxy groups -OCH3 is 1. The van der Waals surface area contributed by atoms with Crippen LogP contribution in [0.5, 0.6) is 5.75 Å². The van der Waals surface area contributed by atoms with Gasteiger partial charge in [0.1, 0.15) is 11.9 Å². The van der Waals surface area contributed by atoms with E-state index in [0.717, 1.165) is 35.4 Å². The highest BCUT2D eigenvalue weighted by molar-refractivity contribution is 7.77. The predicted octanol–water partition coefficient (Wildman–Crippen LogP) is 5.68. The number of nitrogens with zero attached hydrogens (tertiary/aromatic N) is 1. The Morgan fingerprint density at radius 1 is 1.00 bits per heavy atom. The third-order valence-electron chi connectivity index (χ3n) is 12.5. The molecular formula is C36H42N2O7S. The fraction of sp³-hybridized carbons (Fsp3) is 0.556. The van der Waals surface area contributed by atoms with Crippen molar-refractivity contribution in [3.63, 3.8) is 0 Å². The highest BCUT2D eigenvalue weighted by Crippen LogP contribution is 2.69. The van der Waals surface area contributed by atoms with Crippen LogP contribution >= 0.6 is 0 Å². The Morgan fingerprint density at radius 3 is 2.43 bits per heavy atom. The van der Waals surface area contributed by atoms with Crippen LogP contribution in [0.15, 0.2) is 48.6 Å². The summed E-state index contributed by atoms with van der Waals surface area (Å²) < 4.78 is 35.0. The number of benzene rings is 2. The van der Waals surface area contributed by atoms with E-state index in [1.165, 1.54) is 24.8 Å². The molecule has 2 aromatic rings. The van der Waals surface area contributed by atoms with Gasteiger partial charge in [-0.25, -0.2) is 8.93 Å². The lowest BCUT2D eigenvalue weighted by Gasteiger charge is -2.58. The predicted molar refractivity (Wildman–Crippen MR) is 173 cm³/mol. The number of hydrogen-bond donors (Lipinski definition) is 3. The highest BCUT2D eigenvalue weighted by Gasteiger charge is 2.69. The molecule has 0 radical (unpaired) electrons. The molecule has 0 aromatic heterocycles. The Hall–Kier alpha value is -3.21. The molecule has 7 unspecified atom stereocenters. The molecule has 9 nitrogen and oxygen atoms in total. The lowest BCUT2D eigenvalue weighted by Crippen LogP contribution is -2.65. The van der Waals surface area contributed by atoms with Crippen LogP contribution in [-0.4, -0.2) is 51.1 Å². The van der Waals surface area contributed by atoms with Gasteiger partial charge in [0.15, 0.2) is 0 Å². The molecule has 2 heterocycles. The molecule has 10 heteroatoms. The van der Waals surface area contributed by atoms with Crippen molar-refractivity contribution in [3.05, 3.63) is 70.8 Å². The monoisotopic (exact) mass is 646 g/mol. The van der Waals surface area contributed by atoms with Crippen LogP contribution in [0, 0.1) is 16.7 Å². The van der Waals surface area contributed by atoms with E-state index in [1.807, 2.05) is 25.1 Å². The average molecular weight is 647 g/mol. The molecule has 3 fully saturated rings. The Labute approximate surface area is 272 Å². The van der Waals surface area contributed by atoms with Gasteiger partial charge < -0.3 is 19.5 Å². The van der Waals surface area contributed by atoms with Crippen molar-refractivity contribution in [2.24, 2.45) is 16.7 Å². The van der Waals surface area contributed by atoms with Gasteiger partial charge in [0.2, 0.25) is 0 Å². The number of aliphatic hydroxyl groups is 1. The summed E-state index contributed by atoms with van der Waals surface area (Å²) in [5.74, 6) is 0.511. The van der Waals surface area contributed by atoms with Crippen LogP contribution in [-0.2, 0) is 20.8 Å². The molecule has 0 saturated heterocycles. The van der Waals surface area contributed by atoms with Crippen molar-refractivity contribution in [3.8, 4) is 5.75 Å². The molecule has 2 aliphatic heterocycles. The first-order valence-corrected chi connectivity index (χ1v) is 17.8. The van der Waals surface area contributed by atoms with Crippen molar-refractivity contribution in [1.29, 1.82) is 0 Å². The largest absolute Gasteiger partial charge is 0.497 e. The SMILES string of the molecule is COc1ccc2c(c1)C1CC1(C(=O)OC1CC(C)(O)C13CC=CC3)CN1c3cc(C(=O)NS(=O)O)ccc3C(C3CCCCC3)C21. The number of fused-ring (bicyclic) bond motifs is 7. The molecule has 0 bridgehead atoms. The van der Waals surface area contributed by atoms with Crippen LogP contribution in [0.2, 0.25) is 0 Å². The fourth-order valence-electron chi connectivity index (χ4n) is 9.90. The Bertz CT molecular complexity index is 1660. The molecule has 6 aliphatic rings. The third kappa shape index (κ3) is 4.35. The standard InChI is InChI=1S/C36H42N2O7S/c1-34(41)19-29(36(34)14-6-7-15-36)45-33(40)35-18-27(35)26-17-23(44-2)11-13-24(26)31-30(21-8-4-3-5-9-21)25-12-10-22(32(39)37-46(42)43)16-28(25)38(31)20-35/h6-7,10-13,16-17,21,27,29-31,41H,3-5,8-9,14-15,18-20H2,1-2H3,(H,37,39)(H,42,43). The molecule has 8 rings (SSSR count). The first kappa shape index (κ1) is 30.1. The van der Waals surface area contributed by atoms with Gasteiger partial charge >= 0.3 is 5.97 Å². The minimum Gasteiger partial charge on any atom is -0.497 e. The van der Waals surface area contributed by atoms with E-state index in [4.69, 9.17) is 9.47 Å². The topological polar surface area (TPSA) is 125 Å². The lowest BCUT2D eigenvalue weighted by atomic mass is 9.54. The summed E-state index contributed by atoms with van der Waals surface area (Å²) >= 11 is -2.48. The molecule has 1 amide bonds. The van der Waals surface area contributed by atoms with Crippen LogP contribution in [0.25, 0.3) is 0 Å². The van der Waals surface area contributed by atoms with Gasteiger partial charge in [0.05, 0.1) is 24.2 Å². The quantitative estimate of drug-likeness (QED) is 0.208. The van der Waals surface area contributed by atoms with Crippen LogP contribution < -0.4 is 14.4 Å². The average Bonchev–Trinajstić information content (AvgIpc) is 3.39. The van der Waals surface area contributed by atoms with Crippen molar-refractivity contribution in [2.45, 2.75) is 94.3 Å². The smallest absolute Gasteiger partial charge is 0.314 e. The third-order valence-corrected chi connectivity index (χ3v) is 12.9. The van der Waals surface area contributed by atoms with Crippen LogP contribution in [0.4, 0.5) is 5.69 Å². The zero-order valence-electron chi connectivity index (χ0n) is 26.4. The summed E-state index contributed by atoms with van der Waals surface area (Å²) in [4.78, 5) is 29.8. The molecule has 46 heavy (non-hydrogen) atoms. The van der Waals surface area contributed by atoms with Crippen molar-refractivity contribution in [1.82, 2.24) is 4.72 Å². The number of allylic oxidation sites excluding steroid dienone is 2. The second-order valence-corrected chi connectivity index (χ2v) is 15.5. The number of amides is 1. The van der Waals surface area contributed by atoms with Gasteiger partial charge in [0, 0.05) is 41.5 Å². The van der Waals surface area contributed by atoms with Crippen LogP contribution in [0.3, 0.4) is 0 Å². The second-order valence-electron chi connectivity index (χ2n) is 14.8. The number of ether oxygens (including phenoxy) is 2. The molecule has 2 aromatic carbocycles. The first-order chi connectivity index (χ1) is 22.1. The maximum absolute atomic E-state index is 14.5. The maximum atomic E-state index is 14.5. The summed E-state index contributed by atoms with van der Waals surface area (Å²) in [5.41, 5.74) is 2.55. The number of esters is 1. The van der Waals surface area contributed by atoms with E-state index in [-0.39, 0.29) is 30.0 Å². The summed E-state index contributed by atoms with van der Waals surface area (Å²) in [6.07, 6.45) is 12.1. The van der Waals surface area contributed by atoms with E-state index in [2.05, 4.69) is 33.9 Å². The zero-order chi connectivity index (χ0) is 32.0. The Morgan fingerprint density at radius 2 is 1.74 bits per heavy atom. The first-order valence-electron chi connectivity index (χ1n) is 16.7. The fourth-order valence-corrected chi connectivity index (χ4v) is 10.2. The van der Waals surface area contributed by atoms with Crippen LogP contribution in [0.1, 0.15) is 110 Å². The summed E-state index contributed by atoms with van der Waals surface area (Å²) in [7, 11) is 1.67. The molecule has 7 atom stereocenters. The summed E-state index contributed by atoms with van der Waals surface area (Å²) in [5, 5.41) is 11.2. The Kier molecular flexibility index (Phi) is 6.98. The maximum Gasteiger partial charge on any atom is 0.314 e. The minimum atomic E-state index is -2.48. The molecule has 4 aliphatic carbocycles. The number of carbonyl (C=O) groups excluding carboxylic acids is 2. The molecule has 3 N–H and O–H groups in total. The van der Waals surface area contributed by atoms with Gasteiger partial charge in [-0.1, -0.05) is 43.5 Å². The number of anilines is 1. The van der Waals surface area contributed by atoms with Gasteiger partial charge in [-0.15, -0.1) is 0 Å². The minimum absolute atomic E-state index is 0.0309. The lowest BCUT2D eigenvalue weighted by molar-refractivity contribution is -0.242. The van der Waals surface area contributed by atoms with Crippen molar-refractivity contribution < 1.29 is 32.9 Å². The van der Waals surface area contributed by atoms with Gasteiger partial charge in [-0.2, -0.15) is 0 Å². The number of rotatable bonds is 6. The molecular weight excluding hydrogens is 604 g/mol. The van der Waals surface area contributed by atoms with Gasteiger partial charge in [-0.3, -0.25) is 14.1 Å². The molecule has 1 spiro atoms. The van der Waals surface area contributed by atoms with Crippen molar-refractivity contribution >= 4 is 28.8 Å². The highest BCUT2D eigenvalue weighted by atomic mass is 32.2. The van der Waals surface area contributed by atoms with Gasteiger partial charge in [0.25, 0.3) is 17.2 Å². The van der Waals surface area contributed by atoms with E-state index in [9.17, 15) is 23.5 Å². The summed E-state index contributed by atoms with van der Waals surface area (Å²) in [6.45, 7) is 2.30. The summed E-state index contributed by atoms with van der Waals surface area (Å²) in [6, 6.07) is 11.8. The van der Waals surface area contributed by atoms with E-state index < -0.39 is 33.6 Å². The molecule has 3 saturated carbocycles. The zero-order valence-corrected chi connectivity index (χ0v) is 27.2. The normalized spacial score (nSPS) is 34.0. The number of nitrogens with one attached hydrogen (secondary N) is 1. The van der Waals surface area contributed by atoms with E-state index in [1.54, 1.807) is 13.2 Å². The van der Waals surface area contributed by atoms with E-state index >= 15 is 0 Å². The second kappa shape index (κ2) is 10.7. The van der Waals surface area contributed by atoms with Crippen molar-refractivity contribution in [2.75, 3.05) is 18.6 Å². The molecule has 244 valence electrons. The number of carbonyl (C=O) groups is 2. The van der Waals surface area contributed by atoms with Gasteiger partial charge in [-0.05, 0) is 85.9 Å². The van der Waals surface area contributed by atoms with E-state index in [0.29, 0.717) is 43.7 Å². The number of hydrogen-bond acceptors (Lipinski definition) is 7.